The Hall–Kier alpha value is -2.11. The van der Waals surface area contributed by atoms with Gasteiger partial charge >= 0.3 is 12.0 Å². The maximum absolute atomic E-state index is 11.7. The summed E-state index contributed by atoms with van der Waals surface area (Å²) in [6, 6.07) is 3.00. The molecule has 0 radical (unpaired) electrons. The van der Waals surface area contributed by atoms with Crippen molar-refractivity contribution in [1.82, 2.24) is 15.6 Å². The number of carbonyl (C=O) groups is 2. The number of carboxylic acid groups (broad SMARTS) is 1. The smallest absolute Gasteiger partial charge is 0.315 e. The number of nitrogens with zero attached hydrogens (tertiary/aromatic N) is 1. The number of amides is 2. The summed E-state index contributed by atoms with van der Waals surface area (Å²) < 4.78 is 0. The van der Waals surface area contributed by atoms with Crippen LogP contribution in [0.25, 0.3) is 0 Å². The van der Waals surface area contributed by atoms with Gasteiger partial charge in [0.1, 0.15) is 0 Å². The van der Waals surface area contributed by atoms with Crippen molar-refractivity contribution in [1.29, 1.82) is 0 Å². The summed E-state index contributed by atoms with van der Waals surface area (Å²) in [5.74, 6) is -0.871. The first kappa shape index (κ1) is 15.9. The number of urea groups is 1. The van der Waals surface area contributed by atoms with Gasteiger partial charge in [0.25, 0.3) is 0 Å². The number of hydrogen-bond donors (Lipinski definition) is 3. The van der Waals surface area contributed by atoms with Crippen LogP contribution in [-0.2, 0) is 11.3 Å². The summed E-state index contributed by atoms with van der Waals surface area (Å²) >= 11 is 0. The third kappa shape index (κ3) is 5.69. The number of carboxylic acids is 1. The molecule has 0 aliphatic rings. The summed E-state index contributed by atoms with van der Waals surface area (Å²) in [4.78, 5) is 26.6. The molecule has 0 saturated heterocycles. The van der Waals surface area contributed by atoms with Crippen LogP contribution in [0.4, 0.5) is 4.79 Å². The van der Waals surface area contributed by atoms with Crippen molar-refractivity contribution in [2.75, 3.05) is 0 Å². The highest BCUT2D eigenvalue weighted by Gasteiger charge is 2.19. The molecule has 110 valence electrons. The molecule has 20 heavy (non-hydrogen) atoms. The SMILES string of the molecule is Cc1ccc(CNC(=O)NC(CC(=O)O)C(C)C)cn1. The molecule has 1 heterocycles. The van der Waals surface area contributed by atoms with Gasteiger partial charge in [-0.05, 0) is 24.5 Å². The lowest BCUT2D eigenvalue weighted by atomic mass is 10.0. The maximum Gasteiger partial charge on any atom is 0.315 e. The predicted octanol–water partition coefficient (Wildman–Crippen LogP) is 1.69. The van der Waals surface area contributed by atoms with E-state index in [1.54, 1.807) is 6.20 Å². The molecular weight excluding hydrogens is 258 g/mol. The number of aliphatic carboxylic acids is 1. The fourth-order valence-electron chi connectivity index (χ4n) is 1.65. The van der Waals surface area contributed by atoms with E-state index in [9.17, 15) is 9.59 Å². The highest BCUT2D eigenvalue weighted by atomic mass is 16.4. The number of aryl methyl sites for hydroxylation is 1. The van der Waals surface area contributed by atoms with Crippen molar-refractivity contribution in [3.63, 3.8) is 0 Å². The molecule has 1 rings (SSSR count). The normalized spacial score (nSPS) is 12.0. The van der Waals surface area contributed by atoms with Crippen LogP contribution >= 0.6 is 0 Å². The van der Waals surface area contributed by atoms with Crippen LogP contribution in [0.15, 0.2) is 18.3 Å². The highest BCUT2D eigenvalue weighted by Crippen LogP contribution is 2.06. The Balaban J connectivity index is 2.45. The number of carbonyl (C=O) groups excluding carboxylic acids is 1. The molecule has 2 amide bonds. The van der Waals surface area contributed by atoms with Crippen LogP contribution in [0.5, 0.6) is 0 Å². The van der Waals surface area contributed by atoms with Crippen molar-refractivity contribution >= 4 is 12.0 Å². The van der Waals surface area contributed by atoms with E-state index in [0.717, 1.165) is 11.3 Å². The van der Waals surface area contributed by atoms with E-state index >= 15 is 0 Å². The predicted molar refractivity (Wildman–Crippen MR) is 75.2 cm³/mol. The van der Waals surface area contributed by atoms with Gasteiger partial charge in [-0.25, -0.2) is 4.79 Å². The molecule has 1 aromatic heterocycles. The molecule has 6 heteroatoms. The first-order valence-corrected chi connectivity index (χ1v) is 6.56. The van der Waals surface area contributed by atoms with Gasteiger partial charge in [-0.2, -0.15) is 0 Å². The standard InChI is InChI=1S/C14H21N3O3/c1-9(2)12(6-13(18)19)17-14(20)16-8-11-5-4-10(3)15-7-11/h4-5,7,9,12H,6,8H2,1-3H3,(H,18,19)(H2,16,17,20). The number of pyridine rings is 1. The van der Waals surface area contributed by atoms with Gasteiger partial charge in [-0.15, -0.1) is 0 Å². The maximum atomic E-state index is 11.7. The first-order chi connectivity index (χ1) is 9.38. The van der Waals surface area contributed by atoms with Crippen LogP contribution in [0.1, 0.15) is 31.5 Å². The Morgan fingerprint density at radius 1 is 1.35 bits per heavy atom. The monoisotopic (exact) mass is 279 g/mol. The van der Waals surface area contributed by atoms with E-state index in [2.05, 4.69) is 15.6 Å². The van der Waals surface area contributed by atoms with Crippen molar-refractivity contribution in [2.24, 2.45) is 5.92 Å². The van der Waals surface area contributed by atoms with Gasteiger partial charge in [0.2, 0.25) is 0 Å². The van der Waals surface area contributed by atoms with Gasteiger partial charge in [0, 0.05) is 24.5 Å². The van der Waals surface area contributed by atoms with Gasteiger partial charge in [-0.1, -0.05) is 19.9 Å². The number of nitrogens with one attached hydrogen (secondary N) is 2. The molecule has 0 aliphatic carbocycles. The lowest BCUT2D eigenvalue weighted by Crippen LogP contribution is -2.45. The third-order valence-electron chi connectivity index (χ3n) is 2.94. The molecule has 0 fully saturated rings. The molecule has 0 spiro atoms. The number of hydrogen-bond acceptors (Lipinski definition) is 3. The summed E-state index contributed by atoms with van der Waals surface area (Å²) in [5.41, 5.74) is 1.81. The van der Waals surface area contributed by atoms with E-state index in [0.29, 0.717) is 6.54 Å². The molecule has 0 saturated carbocycles. The van der Waals surface area contributed by atoms with Crippen LogP contribution in [-0.4, -0.2) is 28.1 Å². The van der Waals surface area contributed by atoms with Crippen molar-refractivity contribution in [3.05, 3.63) is 29.6 Å². The Morgan fingerprint density at radius 3 is 2.55 bits per heavy atom. The third-order valence-corrected chi connectivity index (χ3v) is 2.94. The zero-order valence-electron chi connectivity index (χ0n) is 12.0. The minimum atomic E-state index is -0.924. The van der Waals surface area contributed by atoms with Crippen LogP contribution in [0, 0.1) is 12.8 Å². The quantitative estimate of drug-likeness (QED) is 0.739. The lowest BCUT2D eigenvalue weighted by molar-refractivity contribution is -0.137. The summed E-state index contributed by atoms with van der Waals surface area (Å²) in [6.07, 6.45) is 1.62. The van der Waals surface area contributed by atoms with Crippen molar-refractivity contribution in [2.45, 2.75) is 39.8 Å². The minimum absolute atomic E-state index is 0.0536. The van der Waals surface area contributed by atoms with Gasteiger partial charge < -0.3 is 15.7 Å². The molecule has 0 aliphatic heterocycles. The average molecular weight is 279 g/mol. The van der Waals surface area contributed by atoms with Gasteiger partial charge in [-0.3, -0.25) is 9.78 Å². The molecule has 3 N–H and O–H groups in total. The Kier molecular flexibility index (Phi) is 5.96. The molecular formula is C14H21N3O3. The minimum Gasteiger partial charge on any atom is -0.481 e. The van der Waals surface area contributed by atoms with E-state index in [1.807, 2.05) is 32.9 Å². The number of rotatable bonds is 6. The largest absolute Gasteiger partial charge is 0.481 e. The second-order valence-corrected chi connectivity index (χ2v) is 5.08. The van der Waals surface area contributed by atoms with Gasteiger partial charge in [0.05, 0.1) is 6.42 Å². The molecule has 6 nitrogen and oxygen atoms in total. The Morgan fingerprint density at radius 2 is 2.05 bits per heavy atom. The topological polar surface area (TPSA) is 91.3 Å². The fourth-order valence-corrected chi connectivity index (χ4v) is 1.65. The summed E-state index contributed by atoms with van der Waals surface area (Å²) in [5, 5.41) is 14.2. The van der Waals surface area contributed by atoms with Crippen LogP contribution < -0.4 is 10.6 Å². The van der Waals surface area contributed by atoms with Crippen LogP contribution in [0.2, 0.25) is 0 Å². The van der Waals surface area contributed by atoms with Crippen LogP contribution in [0.3, 0.4) is 0 Å². The lowest BCUT2D eigenvalue weighted by Gasteiger charge is -2.20. The zero-order chi connectivity index (χ0) is 15.1. The second kappa shape index (κ2) is 7.47. The van der Waals surface area contributed by atoms with E-state index in [4.69, 9.17) is 5.11 Å². The summed E-state index contributed by atoms with van der Waals surface area (Å²) in [6.45, 7) is 6.00. The molecule has 1 aromatic rings. The molecule has 0 aromatic carbocycles. The zero-order valence-corrected chi connectivity index (χ0v) is 12.0. The average Bonchev–Trinajstić information content (AvgIpc) is 2.36. The fraction of sp³-hybridized carbons (Fsp3) is 0.500. The van der Waals surface area contributed by atoms with E-state index < -0.39 is 5.97 Å². The molecule has 1 unspecified atom stereocenters. The Bertz CT molecular complexity index is 457. The molecule has 1 atom stereocenters. The first-order valence-electron chi connectivity index (χ1n) is 6.56. The summed E-state index contributed by atoms with van der Waals surface area (Å²) in [7, 11) is 0. The Labute approximate surface area is 118 Å². The highest BCUT2D eigenvalue weighted by molar-refractivity contribution is 5.75. The number of aromatic nitrogens is 1. The van der Waals surface area contributed by atoms with Crippen molar-refractivity contribution in [3.8, 4) is 0 Å². The second-order valence-electron chi connectivity index (χ2n) is 5.08. The van der Waals surface area contributed by atoms with Gasteiger partial charge in [0.15, 0.2) is 0 Å². The van der Waals surface area contributed by atoms with Crippen molar-refractivity contribution < 1.29 is 14.7 Å². The van der Waals surface area contributed by atoms with E-state index in [1.165, 1.54) is 0 Å². The molecule has 0 bridgehead atoms. The van der Waals surface area contributed by atoms with E-state index in [-0.39, 0.29) is 24.4 Å².